The summed E-state index contributed by atoms with van der Waals surface area (Å²) in [4.78, 5) is 29.0. The Bertz CT molecular complexity index is 1480. The monoisotopic (exact) mass is 597 g/mol. The number of nitrogens with one attached hydrogen (secondary N) is 1. The summed E-state index contributed by atoms with van der Waals surface area (Å²) in [7, 11) is -2.81. The molecule has 218 valence electrons. The first-order valence-corrected chi connectivity index (χ1v) is 15.5. The first kappa shape index (κ1) is 30.4. The van der Waals surface area contributed by atoms with Crippen LogP contribution in [-0.4, -0.2) is 50.9 Å². The fraction of sp³-hybridized carbons (Fsp3) is 0.355. The van der Waals surface area contributed by atoms with E-state index in [1.54, 1.807) is 37.3 Å². The zero-order chi connectivity index (χ0) is 29.6. The summed E-state index contributed by atoms with van der Waals surface area (Å²) in [5, 5.41) is 3.36. The molecule has 0 heterocycles. The van der Waals surface area contributed by atoms with Crippen molar-refractivity contribution in [3.63, 3.8) is 0 Å². The Hall–Kier alpha value is -3.56. The minimum Gasteiger partial charge on any atom is -0.495 e. The van der Waals surface area contributed by atoms with E-state index in [1.165, 1.54) is 30.2 Å². The van der Waals surface area contributed by atoms with Crippen LogP contribution in [0.25, 0.3) is 0 Å². The van der Waals surface area contributed by atoms with Crippen molar-refractivity contribution in [1.82, 2.24) is 10.2 Å². The smallest absolute Gasteiger partial charge is 0.264 e. The van der Waals surface area contributed by atoms with E-state index in [9.17, 15) is 18.0 Å². The van der Waals surface area contributed by atoms with Crippen LogP contribution in [0.15, 0.2) is 77.7 Å². The van der Waals surface area contributed by atoms with Crippen molar-refractivity contribution in [3.05, 3.63) is 88.9 Å². The highest BCUT2D eigenvalue weighted by atomic mass is 35.5. The number of benzene rings is 3. The van der Waals surface area contributed by atoms with Crippen LogP contribution in [0.4, 0.5) is 5.69 Å². The molecular weight excluding hydrogens is 562 g/mol. The molecule has 0 radical (unpaired) electrons. The Balaban J connectivity index is 1.74. The number of aryl methyl sites for hydroxylation is 1. The molecule has 10 heteroatoms. The van der Waals surface area contributed by atoms with Crippen molar-refractivity contribution >= 4 is 39.1 Å². The molecule has 0 spiro atoms. The van der Waals surface area contributed by atoms with Crippen LogP contribution in [0.2, 0.25) is 5.02 Å². The minimum atomic E-state index is -4.23. The molecule has 1 unspecified atom stereocenters. The molecular formula is C31H36ClN3O5S. The Morgan fingerprint density at radius 2 is 1.68 bits per heavy atom. The number of anilines is 1. The normalized spacial score (nSPS) is 14.3. The topological polar surface area (TPSA) is 96.0 Å². The first-order chi connectivity index (χ1) is 19.6. The second-order valence-corrected chi connectivity index (χ2v) is 12.6. The van der Waals surface area contributed by atoms with Crippen LogP contribution in [0.3, 0.4) is 0 Å². The van der Waals surface area contributed by atoms with Gasteiger partial charge < -0.3 is 15.0 Å². The highest BCUT2D eigenvalue weighted by molar-refractivity contribution is 7.92. The van der Waals surface area contributed by atoms with Crippen molar-refractivity contribution < 1.29 is 22.7 Å². The SMILES string of the molecule is COc1ccc(Cl)cc1N(CC(=O)N(Cc1ccccc1C)C(C)C(=O)NC1CCCC1)S(=O)(=O)c1ccccc1. The number of hydrogen-bond donors (Lipinski definition) is 1. The number of amides is 2. The van der Waals surface area contributed by atoms with E-state index >= 15 is 0 Å². The lowest BCUT2D eigenvalue weighted by Gasteiger charge is -2.33. The van der Waals surface area contributed by atoms with E-state index in [2.05, 4.69) is 5.32 Å². The lowest BCUT2D eigenvalue weighted by Crippen LogP contribution is -2.52. The van der Waals surface area contributed by atoms with Crippen LogP contribution in [-0.2, 0) is 26.2 Å². The molecule has 3 aromatic rings. The molecule has 3 aromatic carbocycles. The van der Waals surface area contributed by atoms with Gasteiger partial charge in [-0.1, -0.05) is 66.9 Å². The van der Waals surface area contributed by atoms with E-state index in [1.807, 2.05) is 31.2 Å². The predicted molar refractivity (Wildman–Crippen MR) is 161 cm³/mol. The van der Waals surface area contributed by atoms with E-state index in [0.29, 0.717) is 0 Å². The number of carbonyl (C=O) groups is 2. The largest absolute Gasteiger partial charge is 0.495 e. The van der Waals surface area contributed by atoms with Gasteiger partial charge in [0.1, 0.15) is 18.3 Å². The molecule has 1 fully saturated rings. The lowest BCUT2D eigenvalue weighted by atomic mass is 10.1. The molecule has 1 saturated carbocycles. The van der Waals surface area contributed by atoms with Crippen molar-refractivity contribution in [2.24, 2.45) is 0 Å². The third kappa shape index (κ3) is 7.21. The molecule has 0 saturated heterocycles. The average molecular weight is 598 g/mol. The average Bonchev–Trinajstić information content (AvgIpc) is 3.48. The van der Waals surface area contributed by atoms with Gasteiger partial charge >= 0.3 is 0 Å². The van der Waals surface area contributed by atoms with Gasteiger partial charge in [-0.25, -0.2) is 8.42 Å². The molecule has 0 aromatic heterocycles. The molecule has 2 amide bonds. The van der Waals surface area contributed by atoms with Crippen LogP contribution in [0, 0.1) is 6.92 Å². The van der Waals surface area contributed by atoms with Crippen molar-refractivity contribution in [1.29, 1.82) is 0 Å². The van der Waals surface area contributed by atoms with E-state index in [-0.39, 0.29) is 39.8 Å². The maximum absolute atomic E-state index is 14.2. The van der Waals surface area contributed by atoms with Crippen LogP contribution in [0.5, 0.6) is 5.75 Å². The van der Waals surface area contributed by atoms with Gasteiger partial charge in [0.2, 0.25) is 11.8 Å². The molecule has 1 atom stereocenters. The summed E-state index contributed by atoms with van der Waals surface area (Å²) in [6, 6.07) is 19.3. The van der Waals surface area contributed by atoms with Crippen LogP contribution < -0.4 is 14.4 Å². The van der Waals surface area contributed by atoms with Crippen molar-refractivity contribution in [3.8, 4) is 5.75 Å². The second kappa shape index (κ2) is 13.4. The summed E-state index contributed by atoms with van der Waals surface area (Å²) in [5.74, 6) is -0.570. The third-order valence-corrected chi connectivity index (χ3v) is 9.50. The Labute approximate surface area is 247 Å². The Morgan fingerprint density at radius 3 is 2.34 bits per heavy atom. The molecule has 0 aliphatic heterocycles. The quantitative estimate of drug-likeness (QED) is 0.322. The van der Waals surface area contributed by atoms with E-state index in [0.717, 1.165) is 41.1 Å². The molecule has 0 bridgehead atoms. The van der Waals surface area contributed by atoms with Crippen molar-refractivity contribution in [2.75, 3.05) is 18.0 Å². The number of carbonyl (C=O) groups excluding carboxylic acids is 2. The number of hydrogen-bond acceptors (Lipinski definition) is 5. The maximum atomic E-state index is 14.2. The zero-order valence-corrected chi connectivity index (χ0v) is 25.1. The highest BCUT2D eigenvalue weighted by Crippen LogP contribution is 2.35. The van der Waals surface area contributed by atoms with Gasteiger partial charge in [0.25, 0.3) is 10.0 Å². The van der Waals surface area contributed by atoms with Gasteiger partial charge in [-0.15, -0.1) is 0 Å². The number of nitrogens with zero attached hydrogens (tertiary/aromatic N) is 2. The van der Waals surface area contributed by atoms with Crippen molar-refractivity contribution in [2.45, 2.75) is 63.1 Å². The fourth-order valence-electron chi connectivity index (χ4n) is 5.04. The molecule has 8 nitrogen and oxygen atoms in total. The number of halogens is 1. The van der Waals surface area contributed by atoms with E-state index < -0.39 is 28.5 Å². The number of rotatable bonds is 11. The third-order valence-electron chi connectivity index (χ3n) is 7.49. The molecule has 1 aliphatic carbocycles. The summed E-state index contributed by atoms with van der Waals surface area (Å²) in [6.07, 6.45) is 3.92. The summed E-state index contributed by atoms with van der Waals surface area (Å²) < 4.78 is 34.5. The van der Waals surface area contributed by atoms with Gasteiger partial charge in [-0.05, 0) is 68.1 Å². The number of sulfonamides is 1. The molecule has 1 N–H and O–H groups in total. The highest BCUT2D eigenvalue weighted by Gasteiger charge is 2.34. The van der Waals surface area contributed by atoms with Crippen LogP contribution >= 0.6 is 11.6 Å². The summed E-state index contributed by atoms with van der Waals surface area (Å²) in [6.45, 7) is 3.18. The number of methoxy groups -OCH3 is 1. The molecule has 41 heavy (non-hydrogen) atoms. The lowest BCUT2D eigenvalue weighted by molar-refractivity contribution is -0.139. The summed E-state index contributed by atoms with van der Waals surface area (Å²) >= 11 is 6.29. The second-order valence-electron chi connectivity index (χ2n) is 10.3. The van der Waals surface area contributed by atoms with Gasteiger partial charge in [-0.2, -0.15) is 0 Å². The summed E-state index contributed by atoms with van der Waals surface area (Å²) in [5.41, 5.74) is 1.94. The van der Waals surface area contributed by atoms with Gasteiger partial charge in [0, 0.05) is 17.6 Å². The van der Waals surface area contributed by atoms with Crippen LogP contribution in [0.1, 0.15) is 43.7 Å². The fourth-order valence-corrected chi connectivity index (χ4v) is 6.64. The number of ether oxygens (including phenoxy) is 1. The predicted octanol–water partition coefficient (Wildman–Crippen LogP) is 5.33. The Morgan fingerprint density at radius 1 is 1.02 bits per heavy atom. The van der Waals surface area contributed by atoms with Gasteiger partial charge in [-0.3, -0.25) is 13.9 Å². The standard InChI is InChI=1S/C31H36ClN3O5S/c1-22-11-7-8-12-24(22)20-34(23(2)31(37)33-26-13-9-10-14-26)30(36)21-35(28-19-25(32)17-18-29(28)40-3)41(38,39)27-15-5-4-6-16-27/h4-8,11-12,15-19,23,26H,9-10,13-14,20-21H2,1-3H3,(H,33,37). The van der Waals surface area contributed by atoms with E-state index in [4.69, 9.17) is 16.3 Å². The van der Waals surface area contributed by atoms with Gasteiger partial charge in [0.05, 0.1) is 17.7 Å². The zero-order valence-electron chi connectivity index (χ0n) is 23.5. The Kier molecular flexibility index (Phi) is 9.94. The molecule has 1 aliphatic rings. The molecule has 4 rings (SSSR count). The first-order valence-electron chi connectivity index (χ1n) is 13.7. The minimum absolute atomic E-state index is 0.00677. The van der Waals surface area contributed by atoms with Gasteiger partial charge in [0.15, 0.2) is 0 Å². The maximum Gasteiger partial charge on any atom is 0.264 e.